The first-order chi connectivity index (χ1) is 17.6. The monoisotopic (exact) mass is 489 g/mol. The SMILES string of the molecule is CCCCC(c1cnc(-c2ccccc2)n1CCCC)N(CCCC)Cc1cccc(C(=O)OC)c1. The molecule has 0 spiro atoms. The molecular weight excluding hydrogens is 446 g/mol. The molecule has 3 rings (SSSR count). The van der Waals surface area contributed by atoms with Gasteiger partial charge in [-0.25, -0.2) is 9.78 Å². The first-order valence-electron chi connectivity index (χ1n) is 13.6. The van der Waals surface area contributed by atoms with Crippen LogP contribution in [0.1, 0.15) is 93.4 Å². The van der Waals surface area contributed by atoms with Crippen molar-refractivity contribution in [2.24, 2.45) is 0 Å². The molecule has 0 amide bonds. The van der Waals surface area contributed by atoms with Gasteiger partial charge in [0.05, 0.1) is 30.6 Å². The highest BCUT2D eigenvalue weighted by Crippen LogP contribution is 2.32. The van der Waals surface area contributed by atoms with Crippen LogP contribution in [0.4, 0.5) is 0 Å². The molecule has 0 bridgehead atoms. The lowest BCUT2D eigenvalue weighted by Crippen LogP contribution is -2.31. The van der Waals surface area contributed by atoms with Gasteiger partial charge in [-0.2, -0.15) is 0 Å². The molecule has 0 fully saturated rings. The number of hydrogen-bond donors (Lipinski definition) is 0. The molecule has 5 nitrogen and oxygen atoms in total. The first-order valence-corrected chi connectivity index (χ1v) is 13.6. The molecule has 0 saturated carbocycles. The van der Waals surface area contributed by atoms with Crippen LogP contribution in [-0.4, -0.2) is 34.1 Å². The molecule has 1 heterocycles. The maximum Gasteiger partial charge on any atom is 0.337 e. The number of rotatable bonds is 15. The van der Waals surface area contributed by atoms with Crippen molar-refractivity contribution in [3.05, 3.63) is 77.6 Å². The summed E-state index contributed by atoms with van der Waals surface area (Å²) in [6, 6.07) is 18.7. The molecule has 0 saturated heterocycles. The van der Waals surface area contributed by atoms with Gasteiger partial charge in [0.15, 0.2) is 0 Å². The number of benzene rings is 2. The summed E-state index contributed by atoms with van der Waals surface area (Å²) in [6.45, 7) is 9.52. The topological polar surface area (TPSA) is 47.4 Å². The predicted octanol–water partition coefficient (Wildman–Crippen LogP) is 7.67. The van der Waals surface area contributed by atoms with Crippen LogP contribution in [0.3, 0.4) is 0 Å². The largest absolute Gasteiger partial charge is 0.465 e. The summed E-state index contributed by atoms with van der Waals surface area (Å²) in [4.78, 5) is 19.7. The second-order valence-electron chi connectivity index (χ2n) is 9.55. The molecule has 0 radical (unpaired) electrons. The molecule has 5 heteroatoms. The van der Waals surface area contributed by atoms with Crippen LogP contribution in [-0.2, 0) is 17.8 Å². The number of ether oxygens (including phenoxy) is 1. The summed E-state index contributed by atoms with van der Waals surface area (Å²) in [5.74, 6) is 0.772. The quantitative estimate of drug-likeness (QED) is 0.206. The highest BCUT2D eigenvalue weighted by molar-refractivity contribution is 5.89. The van der Waals surface area contributed by atoms with Crippen molar-refractivity contribution < 1.29 is 9.53 Å². The Hall–Kier alpha value is -2.92. The Kier molecular flexibility index (Phi) is 11.2. The average molecular weight is 490 g/mol. The van der Waals surface area contributed by atoms with Gasteiger partial charge in [-0.15, -0.1) is 0 Å². The summed E-state index contributed by atoms with van der Waals surface area (Å²) in [5, 5.41) is 0. The standard InChI is InChI=1S/C31H43N3O2/c1-5-8-19-28(29-23-32-30(34(29)21-10-7-3)26-16-12-11-13-17-26)33(20-9-6-2)24-25-15-14-18-27(22-25)31(35)36-4/h11-18,22-23,28H,5-10,19-21,24H2,1-4H3. The minimum Gasteiger partial charge on any atom is -0.465 e. The fourth-order valence-electron chi connectivity index (χ4n) is 4.79. The number of hydrogen-bond acceptors (Lipinski definition) is 4. The molecule has 0 aliphatic heterocycles. The second-order valence-corrected chi connectivity index (χ2v) is 9.55. The number of aromatic nitrogens is 2. The van der Waals surface area contributed by atoms with Crippen molar-refractivity contribution in [2.75, 3.05) is 13.7 Å². The maximum absolute atomic E-state index is 12.2. The van der Waals surface area contributed by atoms with E-state index in [0.717, 1.165) is 76.0 Å². The van der Waals surface area contributed by atoms with Crippen LogP contribution in [0.2, 0.25) is 0 Å². The number of imidazole rings is 1. The molecule has 2 aromatic carbocycles. The summed E-state index contributed by atoms with van der Waals surface area (Å²) in [5.41, 5.74) is 4.21. The van der Waals surface area contributed by atoms with E-state index in [1.807, 2.05) is 18.2 Å². The van der Waals surface area contributed by atoms with Crippen LogP contribution in [0.15, 0.2) is 60.8 Å². The van der Waals surface area contributed by atoms with E-state index < -0.39 is 0 Å². The predicted molar refractivity (Wildman–Crippen MR) is 148 cm³/mol. The van der Waals surface area contributed by atoms with Gasteiger partial charge >= 0.3 is 5.97 Å². The van der Waals surface area contributed by atoms with Gasteiger partial charge in [0, 0.05) is 18.7 Å². The molecule has 0 aliphatic rings. The lowest BCUT2D eigenvalue weighted by atomic mass is 10.0. The lowest BCUT2D eigenvalue weighted by molar-refractivity contribution is 0.0600. The Morgan fingerprint density at radius 3 is 2.42 bits per heavy atom. The van der Waals surface area contributed by atoms with E-state index in [1.54, 1.807) is 0 Å². The van der Waals surface area contributed by atoms with E-state index in [0.29, 0.717) is 5.56 Å². The van der Waals surface area contributed by atoms with Crippen molar-refractivity contribution in [1.29, 1.82) is 0 Å². The molecule has 3 aromatic rings. The van der Waals surface area contributed by atoms with Gasteiger partial charge in [0.2, 0.25) is 0 Å². The summed E-state index contributed by atoms with van der Waals surface area (Å²) in [7, 11) is 1.44. The van der Waals surface area contributed by atoms with Crippen molar-refractivity contribution in [2.45, 2.75) is 84.8 Å². The van der Waals surface area contributed by atoms with Crippen LogP contribution < -0.4 is 0 Å². The van der Waals surface area contributed by atoms with Crippen molar-refractivity contribution in [1.82, 2.24) is 14.5 Å². The van der Waals surface area contributed by atoms with E-state index in [4.69, 9.17) is 9.72 Å². The molecule has 194 valence electrons. The zero-order valence-corrected chi connectivity index (χ0v) is 22.6. The van der Waals surface area contributed by atoms with Gasteiger partial charge in [-0.05, 0) is 43.5 Å². The molecule has 1 aromatic heterocycles. The van der Waals surface area contributed by atoms with E-state index in [1.165, 1.54) is 18.4 Å². The third kappa shape index (κ3) is 7.30. The van der Waals surface area contributed by atoms with Crippen molar-refractivity contribution in [3.8, 4) is 11.4 Å². The highest BCUT2D eigenvalue weighted by Gasteiger charge is 2.25. The number of methoxy groups -OCH3 is 1. The third-order valence-electron chi connectivity index (χ3n) is 6.80. The van der Waals surface area contributed by atoms with Gasteiger partial charge in [0.1, 0.15) is 5.82 Å². The normalized spacial score (nSPS) is 12.1. The Morgan fingerprint density at radius 2 is 1.72 bits per heavy atom. The van der Waals surface area contributed by atoms with Gasteiger partial charge in [-0.1, -0.05) is 88.9 Å². The number of unbranched alkanes of at least 4 members (excludes halogenated alkanes) is 3. The minimum atomic E-state index is -0.287. The van der Waals surface area contributed by atoms with Crippen molar-refractivity contribution >= 4 is 5.97 Å². The maximum atomic E-state index is 12.2. The summed E-state index contributed by atoms with van der Waals surface area (Å²) >= 11 is 0. The van der Waals surface area contributed by atoms with E-state index in [2.05, 4.69) is 72.8 Å². The third-order valence-corrected chi connectivity index (χ3v) is 6.80. The van der Waals surface area contributed by atoms with Crippen molar-refractivity contribution in [3.63, 3.8) is 0 Å². The zero-order valence-electron chi connectivity index (χ0n) is 22.6. The number of esters is 1. The smallest absolute Gasteiger partial charge is 0.337 e. The molecule has 36 heavy (non-hydrogen) atoms. The van der Waals surface area contributed by atoms with Crippen LogP contribution in [0.5, 0.6) is 0 Å². The molecule has 0 N–H and O–H groups in total. The van der Waals surface area contributed by atoms with Crippen LogP contribution in [0, 0.1) is 0 Å². The fourth-order valence-corrected chi connectivity index (χ4v) is 4.79. The molecule has 0 aliphatic carbocycles. The molecule has 1 atom stereocenters. The van der Waals surface area contributed by atoms with E-state index in [-0.39, 0.29) is 12.0 Å². The Morgan fingerprint density at radius 1 is 0.972 bits per heavy atom. The average Bonchev–Trinajstić information content (AvgIpc) is 3.34. The highest BCUT2D eigenvalue weighted by atomic mass is 16.5. The number of carbonyl (C=O) groups excluding carboxylic acids is 1. The van der Waals surface area contributed by atoms with Gasteiger partial charge in [-0.3, -0.25) is 4.90 Å². The van der Waals surface area contributed by atoms with Crippen LogP contribution >= 0.6 is 0 Å². The van der Waals surface area contributed by atoms with Crippen LogP contribution in [0.25, 0.3) is 11.4 Å². The Labute approximate surface area is 217 Å². The fraction of sp³-hybridized carbons (Fsp3) is 0.484. The Bertz CT molecular complexity index is 1060. The summed E-state index contributed by atoms with van der Waals surface area (Å²) < 4.78 is 7.43. The zero-order chi connectivity index (χ0) is 25.8. The molecule has 1 unspecified atom stereocenters. The number of carbonyl (C=O) groups is 1. The number of nitrogens with zero attached hydrogens (tertiary/aromatic N) is 3. The van der Waals surface area contributed by atoms with Gasteiger partial charge in [0.25, 0.3) is 0 Å². The van der Waals surface area contributed by atoms with E-state index in [9.17, 15) is 4.79 Å². The van der Waals surface area contributed by atoms with Gasteiger partial charge < -0.3 is 9.30 Å². The molecular formula is C31H43N3O2. The first kappa shape index (κ1) is 27.7. The summed E-state index contributed by atoms with van der Waals surface area (Å²) in [6.07, 6.45) is 10.1. The minimum absolute atomic E-state index is 0.264. The van der Waals surface area contributed by atoms with E-state index >= 15 is 0 Å². The lowest BCUT2D eigenvalue weighted by Gasteiger charge is -2.33. The second kappa shape index (κ2) is 14.6. The Balaban J connectivity index is 2.02.